The molecule has 0 aliphatic carbocycles. The molecule has 2 aromatic carbocycles. The van der Waals surface area contributed by atoms with E-state index in [2.05, 4.69) is 28.1 Å². The Morgan fingerprint density at radius 1 is 1.00 bits per heavy atom. The van der Waals surface area contributed by atoms with Crippen LogP contribution in [0.1, 0.15) is 30.9 Å². The van der Waals surface area contributed by atoms with Gasteiger partial charge in [0.15, 0.2) is 0 Å². The molecule has 4 nitrogen and oxygen atoms in total. The van der Waals surface area contributed by atoms with E-state index in [-0.39, 0.29) is 17.9 Å². The van der Waals surface area contributed by atoms with E-state index in [0.717, 1.165) is 35.1 Å². The molecule has 5 heteroatoms. The summed E-state index contributed by atoms with van der Waals surface area (Å²) >= 11 is 3.45. The summed E-state index contributed by atoms with van der Waals surface area (Å²) < 4.78 is 0.932. The molecule has 2 fully saturated rings. The fourth-order valence-electron chi connectivity index (χ4n) is 4.06. The molecule has 0 radical (unpaired) electrons. The molecule has 0 spiro atoms. The molecule has 2 aliphatic rings. The molecule has 4 rings (SSSR count). The van der Waals surface area contributed by atoms with Crippen LogP contribution in [-0.4, -0.2) is 29.8 Å². The first-order chi connectivity index (χ1) is 12.6. The van der Waals surface area contributed by atoms with Crippen molar-refractivity contribution >= 4 is 33.4 Å². The minimum atomic E-state index is -0.557. The molecule has 0 bridgehead atoms. The zero-order valence-electron chi connectivity index (χ0n) is 14.5. The smallest absolute Gasteiger partial charge is 0.239 e. The topological polar surface area (TPSA) is 40.6 Å². The lowest BCUT2D eigenvalue weighted by molar-refractivity contribution is -0.140. The first kappa shape index (κ1) is 17.3. The highest BCUT2D eigenvalue weighted by Crippen LogP contribution is 2.35. The zero-order valence-corrected chi connectivity index (χ0v) is 16.1. The molecule has 134 valence electrons. The summed E-state index contributed by atoms with van der Waals surface area (Å²) in [4.78, 5) is 29.7. The number of halogens is 1. The number of amides is 2. The van der Waals surface area contributed by atoms with E-state index in [1.165, 1.54) is 0 Å². The number of nitrogens with zero attached hydrogens (tertiary/aromatic N) is 2. The van der Waals surface area contributed by atoms with E-state index < -0.39 is 5.92 Å². The Balaban J connectivity index is 1.52. The molecule has 2 atom stereocenters. The number of anilines is 1. The summed E-state index contributed by atoms with van der Waals surface area (Å²) in [6.07, 6.45) is 2.54. The van der Waals surface area contributed by atoms with Gasteiger partial charge in [0.05, 0.1) is 6.04 Å². The average molecular weight is 413 g/mol. The van der Waals surface area contributed by atoms with Crippen LogP contribution in [0.4, 0.5) is 5.69 Å². The fourth-order valence-corrected chi connectivity index (χ4v) is 4.45. The molecular formula is C21H21BrN2O2. The Morgan fingerprint density at radius 2 is 1.81 bits per heavy atom. The molecule has 26 heavy (non-hydrogen) atoms. The number of hydrogen-bond donors (Lipinski definition) is 0. The van der Waals surface area contributed by atoms with E-state index in [1.54, 1.807) is 4.90 Å². The molecule has 2 saturated heterocycles. The molecule has 2 aliphatic heterocycles. The molecule has 2 unspecified atom stereocenters. The van der Waals surface area contributed by atoms with Gasteiger partial charge in [-0.25, -0.2) is 0 Å². The monoisotopic (exact) mass is 412 g/mol. The average Bonchev–Trinajstić information content (AvgIpc) is 3.29. The highest BCUT2D eigenvalue weighted by atomic mass is 79.9. The Kier molecular flexibility index (Phi) is 4.81. The van der Waals surface area contributed by atoms with Crippen molar-refractivity contribution in [1.29, 1.82) is 0 Å². The van der Waals surface area contributed by atoms with Crippen LogP contribution in [-0.2, 0) is 9.59 Å². The van der Waals surface area contributed by atoms with E-state index >= 15 is 0 Å². The van der Waals surface area contributed by atoms with Crippen LogP contribution in [0, 0.1) is 5.92 Å². The fraction of sp³-hybridized carbons (Fsp3) is 0.333. The Morgan fingerprint density at radius 3 is 2.58 bits per heavy atom. The maximum absolute atomic E-state index is 13.2. The van der Waals surface area contributed by atoms with Crippen LogP contribution in [0.5, 0.6) is 0 Å². The van der Waals surface area contributed by atoms with Crippen molar-refractivity contribution < 1.29 is 9.59 Å². The lowest BCUT2D eigenvalue weighted by Crippen LogP contribution is -2.39. The van der Waals surface area contributed by atoms with Crippen LogP contribution >= 0.6 is 15.9 Å². The van der Waals surface area contributed by atoms with Crippen molar-refractivity contribution in [2.75, 3.05) is 18.0 Å². The maximum atomic E-state index is 13.2. The molecule has 2 aromatic rings. The lowest BCUT2D eigenvalue weighted by Gasteiger charge is -2.27. The number of benzene rings is 2. The number of likely N-dealkylation sites (tertiary alicyclic amines) is 1. The molecular weight excluding hydrogens is 392 g/mol. The summed E-state index contributed by atoms with van der Waals surface area (Å²) in [7, 11) is 0. The number of carbonyl (C=O) groups is 2. The van der Waals surface area contributed by atoms with Crippen molar-refractivity contribution in [3.63, 3.8) is 0 Å². The van der Waals surface area contributed by atoms with Crippen LogP contribution in [0.25, 0.3) is 0 Å². The molecule has 2 amide bonds. The highest BCUT2D eigenvalue weighted by molar-refractivity contribution is 9.10. The van der Waals surface area contributed by atoms with Crippen LogP contribution in [0.2, 0.25) is 0 Å². The SMILES string of the molecule is O=C1C(C(=O)N2CCCC2c2ccccc2)CCN1c1cccc(Br)c1. The second kappa shape index (κ2) is 7.23. The van der Waals surface area contributed by atoms with Gasteiger partial charge < -0.3 is 9.80 Å². The first-order valence-electron chi connectivity index (χ1n) is 9.07. The maximum Gasteiger partial charge on any atom is 0.239 e. The van der Waals surface area contributed by atoms with E-state index in [9.17, 15) is 9.59 Å². The van der Waals surface area contributed by atoms with Crippen molar-refractivity contribution in [2.45, 2.75) is 25.3 Å². The van der Waals surface area contributed by atoms with Gasteiger partial charge in [-0.2, -0.15) is 0 Å². The van der Waals surface area contributed by atoms with E-state index in [0.29, 0.717) is 13.0 Å². The second-order valence-electron chi connectivity index (χ2n) is 6.91. The third-order valence-electron chi connectivity index (χ3n) is 5.34. The van der Waals surface area contributed by atoms with Gasteiger partial charge in [-0.3, -0.25) is 9.59 Å². The van der Waals surface area contributed by atoms with Crippen molar-refractivity contribution in [1.82, 2.24) is 4.90 Å². The second-order valence-corrected chi connectivity index (χ2v) is 7.83. The standard InChI is InChI=1S/C21H21BrN2O2/c22-16-8-4-9-17(14-16)23-13-11-18(20(23)25)21(26)24-12-5-10-19(24)15-6-2-1-3-7-15/h1-4,6-9,14,18-19H,5,10-13H2. The van der Waals surface area contributed by atoms with Crippen LogP contribution in [0.3, 0.4) is 0 Å². The third kappa shape index (κ3) is 3.16. The third-order valence-corrected chi connectivity index (χ3v) is 5.84. The highest BCUT2D eigenvalue weighted by Gasteiger charge is 2.42. The van der Waals surface area contributed by atoms with Crippen LogP contribution < -0.4 is 4.90 Å². The summed E-state index contributed by atoms with van der Waals surface area (Å²) in [5, 5.41) is 0. The zero-order chi connectivity index (χ0) is 18.1. The molecule has 0 aromatic heterocycles. The number of hydrogen-bond acceptors (Lipinski definition) is 2. The molecule has 0 N–H and O–H groups in total. The van der Waals surface area contributed by atoms with Gasteiger partial charge in [-0.05, 0) is 43.0 Å². The summed E-state index contributed by atoms with van der Waals surface area (Å²) in [6, 6.07) is 17.9. The van der Waals surface area contributed by atoms with E-state index in [1.807, 2.05) is 47.4 Å². The lowest BCUT2D eigenvalue weighted by atomic mass is 10.0. The minimum absolute atomic E-state index is 0.0150. The molecule has 0 saturated carbocycles. The predicted octanol–water partition coefficient (Wildman–Crippen LogP) is 4.17. The Hall–Kier alpha value is -2.14. The minimum Gasteiger partial charge on any atom is -0.335 e. The quantitative estimate of drug-likeness (QED) is 0.709. The van der Waals surface area contributed by atoms with Crippen molar-refractivity contribution in [2.24, 2.45) is 5.92 Å². The normalized spacial score (nSPS) is 22.9. The van der Waals surface area contributed by atoms with Gasteiger partial charge in [-0.15, -0.1) is 0 Å². The van der Waals surface area contributed by atoms with Crippen LogP contribution in [0.15, 0.2) is 59.1 Å². The van der Waals surface area contributed by atoms with Gasteiger partial charge in [0.2, 0.25) is 11.8 Å². The Labute approximate surface area is 161 Å². The van der Waals surface area contributed by atoms with Crippen molar-refractivity contribution in [3.8, 4) is 0 Å². The van der Waals surface area contributed by atoms with Gasteiger partial charge >= 0.3 is 0 Å². The van der Waals surface area contributed by atoms with Gasteiger partial charge in [0.1, 0.15) is 5.92 Å². The summed E-state index contributed by atoms with van der Waals surface area (Å²) in [5.74, 6) is -0.649. The largest absolute Gasteiger partial charge is 0.335 e. The Bertz CT molecular complexity index is 824. The summed E-state index contributed by atoms with van der Waals surface area (Å²) in [5.41, 5.74) is 2.01. The summed E-state index contributed by atoms with van der Waals surface area (Å²) in [6.45, 7) is 1.33. The number of rotatable bonds is 3. The molecule has 2 heterocycles. The van der Waals surface area contributed by atoms with Gasteiger partial charge in [-0.1, -0.05) is 52.3 Å². The van der Waals surface area contributed by atoms with E-state index in [4.69, 9.17) is 0 Å². The van der Waals surface area contributed by atoms with Gasteiger partial charge in [0.25, 0.3) is 0 Å². The van der Waals surface area contributed by atoms with Crippen molar-refractivity contribution in [3.05, 3.63) is 64.6 Å². The number of carbonyl (C=O) groups excluding carboxylic acids is 2. The first-order valence-corrected chi connectivity index (χ1v) is 9.87. The van der Waals surface area contributed by atoms with Gasteiger partial charge in [0, 0.05) is 23.2 Å². The predicted molar refractivity (Wildman–Crippen MR) is 105 cm³/mol.